The predicted molar refractivity (Wildman–Crippen MR) is 113 cm³/mol. The zero-order valence-corrected chi connectivity index (χ0v) is 18.6. The molecule has 2 aromatic carbocycles. The van der Waals surface area contributed by atoms with Crippen molar-refractivity contribution >= 4 is 39.2 Å². The van der Waals surface area contributed by atoms with E-state index in [9.17, 15) is 26.8 Å². The third-order valence-electron chi connectivity index (χ3n) is 4.05. The van der Waals surface area contributed by atoms with Crippen LogP contribution in [-0.4, -0.2) is 39.6 Å². The average Bonchev–Trinajstić information content (AvgIpc) is 2.71. The first-order valence-electron chi connectivity index (χ1n) is 9.28. The fraction of sp³-hybridized carbons (Fsp3) is 0.300. The van der Waals surface area contributed by atoms with Crippen LogP contribution in [0.25, 0.3) is 0 Å². The minimum Gasteiger partial charge on any atom is -0.454 e. The Morgan fingerprint density at radius 2 is 1.69 bits per heavy atom. The Bertz CT molecular complexity index is 1050. The lowest BCUT2D eigenvalue weighted by atomic mass is 10.1. The lowest BCUT2D eigenvalue weighted by molar-refractivity contribution is -0.150. The first kappa shape index (κ1) is 25.5. The van der Waals surface area contributed by atoms with Crippen molar-refractivity contribution in [3.05, 3.63) is 53.6 Å². The second kappa shape index (κ2) is 11.2. The van der Waals surface area contributed by atoms with Crippen molar-refractivity contribution in [2.24, 2.45) is 5.92 Å². The summed E-state index contributed by atoms with van der Waals surface area (Å²) in [4.78, 5) is 24.4. The minimum atomic E-state index is -4.07. The van der Waals surface area contributed by atoms with E-state index in [-0.39, 0.29) is 16.3 Å². The summed E-state index contributed by atoms with van der Waals surface area (Å²) in [7, 11) is -4.07. The number of rotatable bonds is 10. The van der Waals surface area contributed by atoms with Crippen LogP contribution in [0.4, 0.5) is 14.5 Å². The Balaban J connectivity index is 2.01. The zero-order valence-electron chi connectivity index (χ0n) is 17.0. The van der Waals surface area contributed by atoms with Crippen LogP contribution >= 0.6 is 11.6 Å². The van der Waals surface area contributed by atoms with E-state index in [1.165, 1.54) is 48.5 Å². The number of ether oxygens (including phenoxy) is 2. The maximum atomic E-state index is 12.6. The summed E-state index contributed by atoms with van der Waals surface area (Å²) in [5.41, 5.74) is -0.0438. The number of benzene rings is 2. The van der Waals surface area contributed by atoms with Crippen LogP contribution < -0.4 is 14.8 Å². The molecular formula is C20H21ClF2N2O6S. The number of para-hydroxylation sites is 2. The van der Waals surface area contributed by atoms with Gasteiger partial charge in [-0.2, -0.15) is 13.5 Å². The molecule has 0 aliphatic rings. The number of amides is 1. The van der Waals surface area contributed by atoms with Crippen LogP contribution in [0.3, 0.4) is 0 Å². The van der Waals surface area contributed by atoms with Crippen molar-refractivity contribution in [3.63, 3.8) is 0 Å². The number of hydrogen-bond donors (Lipinski definition) is 2. The molecule has 12 heteroatoms. The number of hydrogen-bond acceptors (Lipinski definition) is 6. The maximum absolute atomic E-state index is 12.6. The average molecular weight is 491 g/mol. The molecule has 1 atom stereocenters. The number of nitrogens with one attached hydrogen (secondary N) is 2. The molecule has 174 valence electrons. The van der Waals surface area contributed by atoms with Crippen molar-refractivity contribution in [1.29, 1.82) is 0 Å². The normalized spacial score (nSPS) is 12.5. The standard InChI is InChI=1S/C20H21ClF2N2O6S/c1-12(2)18(25-32(28,29)14-9-7-13(21)8-10-14)19(27)30-11-17(26)24-15-5-3-4-6-16(15)31-20(22)23/h3-10,12,18,20,25H,11H2,1-2H3,(H,24,26). The molecule has 2 aromatic rings. The molecule has 0 fully saturated rings. The van der Waals surface area contributed by atoms with E-state index in [2.05, 4.69) is 14.8 Å². The summed E-state index contributed by atoms with van der Waals surface area (Å²) in [5, 5.41) is 2.64. The van der Waals surface area contributed by atoms with E-state index in [4.69, 9.17) is 16.3 Å². The number of alkyl halides is 2. The highest BCUT2D eigenvalue weighted by Crippen LogP contribution is 2.25. The highest BCUT2D eigenvalue weighted by molar-refractivity contribution is 7.89. The van der Waals surface area contributed by atoms with Gasteiger partial charge >= 0.3 is 12.6 Å². The molecule has 8 nitrogen and oxygen atoms in total. The molecule has 0 saturated heterocycles. The van der Waals surface area contributed by atoms with Crippen LogP contribution in [0, 0.1) is 5.92 Å². The molecule has 2 N–H and O–H groups in total. The van der Waals surface area contributed by atoms with Crippen molar-refractivity contribution in [2.75, 3.05) is 11.9 Å². The molecule has 0 heterocycles. The van der Waals surface area contributed by atoms with E-state index >= 15 is 0 Å². The van der Waals surface area contributed by atoms with E-state index < -0.39 is 47.1 Å². The van der Waals surface area contributed by atoms with E-state index in [1.807, 2.05) is 0 Å². The fourth-order valence-corrected chi connectivity index (χ4v) is 3.95. The first-order chi connectivity index (χ1) is 15.0. The Morgan fingerprint density at radius 1 is 1.06 bits per heavy atom. The van der Waals surface area contributed by atoms with Crippen LogP contribution in [0.1, 0.15) is 13.8 Å². The first-order valence-corrected chi connectivity index (χ1v) is 11.1. The molecule has 0 aliphatic heterocycles. The van der Waals surface area contributed by atoms with Crippen LogP contribution in [0.15, 0.2) is 53.4 Å². The molecule has 0 aliphatic carbocycles. The van der Waals surface area contributed by atoms with Gasteiger partial charge in [0.05, 0.1) is 10.6 Å². The van der Waals surface area contributed by atoms with E-state index in [1.54, 1.807) is 13.8 Å². The van der Waals surface area contributed by atoms with Crippen molar-refractivity contribution in [2.45, 2.75) is 31.4 Å². The number of carbonyl (C=O) groups is 2. The summed E-state index contributed by atoms with van der Waals surface area (Å²) < 4.78 is 61.5. The molecule has 0 aromatic heterocycles. The Hall–Kier alpha value is -2.76. The molecular weight excluding hydrogens is 470 g/mol. The van der Waals surface area contributed by atoms with Crippen molar-refractivity contribution in [3.8, 4) is 5.75 Å². The highest BCUT2D eigenvalue weighted by Gasteiger charge is 2.30. The second-order valence-corrected chi connectivity index (χ2v) is 8.98. The molecule has 0 saturated carbocycles. The fourth-order valence-electron chi connectivity index (χ4n) is 2.49. The topological polar surface area (TPSA) is 111 Å². The maximum Gasteiger partial charge on any atom is 0.387 e. The van der Waals surface area contributed by atoms with E-state index in [0.717, 1.165) is 0 Å². The van der Waals surface area contributed by atoms with Crippen molar-refractivity contribution < 1.29 is 36.3 Å². The lowest BCUT2D eigenvalue weighted by Gasteiger charge is -2.21. The Morgan fingerprint density at radius 3 is 2.28 bits per heavy atom. The lowest BCUT2D eigenvalue weighted by Crippen LogP contribution is -2.45. The van der Waals surface area contributed by atoms with Gasteiger partial charge in [-0.15, -0.1) is 0 Å². The third kappa shape index (κ3) is 7.43. The number of halogens is 3. The molecule has 0 spiro atoms. The van der Waals surface area contributed by atoms with Gasteiger partial charge in [-0.3, -0.25) is 9.59 Å². The second-order valence-electron chi connectivity index (χ2n) is 6.83. The van der Waals surface area contributed by atoms with Gasteiger partial charge in [0.15, 0.2) is 6.61 Å². The molecule has 2 rings (SSSR count). The van der Waals surface area contributed by atoms with Crippen LogP contribution in [0.2, 0.25) is 5.02 Å². The van der Waals surface area contributed by atoms with Crippen LogP contribution in [0.5, 0.6) is 5.75 Å². The monoisotopic (exact) mass is 490 g/mol. The third-order valence-corrected chi connectivity index (χ3v) is 5.76. The predicted octanol–water partition coefficient (Wildman–Crippen LogP) is 3.43. The quantitative estimate of drug-likeness (QED) is 0.494. The summed E-state index contributed by atoms with van der Waals surface area (Å²) in [6.07, 6.45) is 0. The Kier molecular flexibility index (Phi) is 8.93. The molecule has 1 unspecified atom stereocenters. The van der Waals surface area contributed by atoms with E-state index in [0.29, 0.717) is 5.02 Å². The molecule has 0 bridgehead atoms. The van der Waals surface area contributed by atoms with Gasteiger partial charge in [0.1, 0.15) is 11.8 Å². The van der Waals surface area contributed by atoms with Crippen molar-refractivity contribution in [1.82, 2.24) is 4.72 Å². The summed E-state index contributed by atoms with van der Waals surface area (Å²) in [6, 6.07) is 9.53. The number of carbonyl (C=O) groups excluding carboxylic acids is 2. The largest absolute Gasteiger partial charge is 0.454 e. The zero-order chi connectivity index (χ0) is 23.9. The number of sulfonamides is 1. The molecule has 32 heavy (non-hydrogen) atoms. The molecule has 1 amide bonds. The van der Waals surface area contributed by atoms with Gasteiger partial charge in [0.25, 0.3) is 5.91 Å². The summed E-state index contributed by atoms with van der Waals surface area (Å²) in [6.45, 7) is -0.678. The molecule has 0 radical (unpaired) electrons. The number of esters is 1. The SMILES string of the molecule is CC(C)C(NS(=O)(=O)c1ccc(Cl)cc1)C(=O)OCC(=O)Nc1ccccc1OC(F)F. The summed E-state index contributed by atoms with van der Waals surface area (Å²) >= 11 is 5.76. The van der Waals surface area contributed by atoms with Gasteiger partial charge in [0, 0.05) is 5.02 Å². The summed E-state index contributed by atoms with van der Waals surface area (Å²) in [5.74, 6) is -2.58. The highest BCUT2D eigenvalue weighted by atomic mass is 35.5. The minimum absolute atomic E-state index is 0.0438. The van der Waals surface area contributed by atoms with Gasteiger partial charge < -0.3 is 14.8 Å². The van der Waals surface area contributed by atoms with Gasteiger partial charge in [-0.1, -0.05) is 37.6 Å². The smallest absolute Gasteiger partial charge is 0.387 e. The van der Waals surface area contributed by atoms with Crippen LogP contribution in [-0.2, 0) is 24.3 Å². The van der Waals surface area contributed by atoms with Gasteiger partial charge in [0.2, 0.25) is 10.0 Å². The Labute approximate surface area is 188 Å². The van der Waals surface area contributed by atoms with Gasteiger partial charge in [-0.25, -0.2) is 8.42 Å². The number of anilines is 1. The van der Waals surface area contributed by atoms with Gasteiger partial charge in [-0.05, 0) is 42.3 Å².